The van der Waals surface area contributed by atoms with Crippen LogP contribution in [0.2, 0.25) is 0 Å². The van der Waals surface area contributed by atoms with Crippen molar-refractivity contribution in [3.05, 3.63) is 59.9 Å². The molecule has 4 heteroatoms. The van der Waals surface area contributed by atoms with Crippen molar-refractivity contribution in [2.24, 2.45) is 0 Å². The van der Waals surface area contributed by atoms with E-state index >= 15 is 0 Å². The summed E-state index contributed by atoms with van der Waals surface area (Å²) in [5.41, 5.74) is 0.657. The van der Waals surface area contributed by atoms with Crippen molar-refractivity contribution in [2.75, 3.05) is 32.8 Å². The van der Waals surface area contributed by atoms with Crippen molar-refractivity contribution in [1.82, 2.24) is 4.90 Å². The Labute approximate surface area is 136 Å². The summed E-state index contributed by atoms with van der Waals surface area (Å²) in [6.07, 6.45) is 1.58. The van der Waals surface area contributed by atoms with Gasteiger partial charge < -0.3 is 9.47 Å². The van der Waals surface area contributed by atoms with E-state index < -0.39 is 0 Å². The molecule has 0 N–H and O–H groups in total. The monoisotopic (exact) mass is 315 g/mol. The molecular weight excluding hydrogens is 293 g/mol. The Morgan fingerprint density at radius 3 is 2.57 bits per heavy atom. The third kappa shape index (κ3) is 4.53. The zero-order valence-electron chi connectivity index (χ0n) is 13.2. The lowest BCUT2D eigenvalue weighted by Crippen LogP contribution is -2.36. The van der Waals surface area contributed by atoms with Gasteiger partial charge in [0.15, 0.2) is 0 Å². The van der Waals surface area contributed by atoms with E-state index in [4.69, 9.17) is 9.47 Å². The Morgan fingerprint density at radius 1 is 1.00 bits per heavy atom. The molecule has 1 aliphatic heterocycles. The van der Waals surface area contributed by atoms with E-state index in [0.29, 0.717) is 17.7 Å². The first-order valence-electron chi connectivity index (χ1n) is 8.13. The summed E-state index contributed by atoms with van der Waals surface area (Å²) in [5, 5.41) is 0. The number of hydrogen-bond donors (Lipinski definition) is 0. The van der Waals surface area contributed by atoms with Crippen LogP contribution in [-0.4, -0.2) is 37.7 Å². The molecule has 0 bridgehead atoms. The highest BCUT2D eigenvalue weighted by molar-refractivity contribution is 5.38. The summed E-state index contributed by atoms with van der Waals surface area (Å²) in [5.74, 6) is 1.14. The van der Waals surface area contributed by atoms with Crippen LogP contribution in [0.1, 0.15) is 12.0 Å². The largest absolute Gasteiger partial charge is 0.457 e. The first-order chi connectivity index (χ1) is 11.3. The van der Waals surface area contributed by atoms with Crippen LogP contribution in [0.4, 0.5) is 4.39 Å². The van der Waals surface area contributed by atoms with Gasteiger partial charge in [-0.1, -0.05) is 24.3 Å². The summed E-state index contributed by atoms with van der Waals surface area (Å²) in [7, 11) is 0. The van der Waals surface area contributed by atoms with Crippen molar-refractivity contribution in [3.63, 3.8) is 0 Å². The van der Waals surface area contributed by atoms with Crippen molar-refractivity contribution in [2.45, 2.75) is 12.8 Å². The van der Waals surface area contributed by atoms with E-state index in [1.54, 1.807) is 6.07 Å². The summed E-state index contributed by atoms with van der Waals surface area (Å²) < 4.78 is 25.4. The molecule has 2 aromatic carbocycles. The average Bonchev–Trinajstić information content (AvgIpc) is 2.59. The minimum Gasteiger partial charge on any atom is -0.457 e. The fraction of sp³-hybridized carbons (Fsp3) is 0.368. The average molecular weight is 315 g/mol. The van der Waals surface area contributed by atoms with Gasteiger partial charge in [-0.25, -0.2) is 4.39 Å². The molecule has 0 aromatic heterocycles. The lowest BCUT2D eigenvalue weighted by molar-refractivity contribution is 0.0374. The maximum atomic E-state index is 14.2. The molecule has 1 heterocycles. The van der Waals surface area contributed by atoms with Crippen LogP contribution in [0, 0.1) is 5.82 Å². The van der Waals surface area contributed by atoms with Gasteiger partial charge in [-0.2, -0.15) is 0 Å². The number of ether oxygens (including phenoxy) is 2. The first kappa shape index (κ1) is 16.0. The first-order valence-corrected chi connectivity index (χ1v) is 8.13. The van der Waals surface area contributed by atoms with Gasteiger partial charge in [-0.15, -0.1) is 0 Å². The highest BCUT2D eigenvalue weighted by Gasteiger charge is 2.13. The molecule has 3 rings (SSSR count). The van der Waals surface area contributed by atoms with Crippen molar-refractivity contribution < 1.29 is 13.9 Å². The van der Waals surface area contributed by atoms with Crippen LogP contribution < -0.4 is 4.74 Å². The van der Waals surface area contributed by atoms with E-state index in [-0.39, 0.29) is 5.82 Å². The Bertz CT molecular complexity index is 612. The summed E-state index contributed by atoms with van der Waals surface area (Å²) >= 11 is 0. The number of para-hydroxylation sites is 1. The van der Waals surface area contributed by atoms with E-state index in [0.717, 1.165) is 45.0 Å². The number of hydrogen-bond acceptors (Lipinski definition) is 3. The quantitative estimate of drug-likeness (QED) is 0.807. The van der Waals surface area contributed by atoms with E-state index in [1.807, 2.05) is 36.4 Å². The Balaban J connectivity index is 1.63. The van der Waals surface area contributed by atoms with Gasteiger partial charge in [0.05, 0.1) is 13.2 Å². The maximum Gasteiger partial charge on any atom is 0.133 e. The molecule has 1 aliphatic rings. The SMILES string of the molecule is Fc1cccc(Oc2ccccc2)c1CCCN1CCOCC1. The number of morpholine rings is 1. The predicted octanol–water partition coefficient (Wildman–Crippen LogP) is 3.88. The second-order valence-electron chi connectivity index (χ2n) is 5.69. The zero-order valence-corrected chi connectivity index (χ0v) is 13.2. The van der Waals surface area contributed by atoms with Crippen molar-refractivity contribution >= 4 is 0 Å². The summed E-state index contributed by atoms with van der Waals surface area (Å²) in [6, 6.07) is 14.5. The molecule has 1 fully saturated rings. The second kappa shape index (κ2) is 8.09. The number of halogens is 1. The van der Waals surface area contributed by atoms with Gasteiger partial charge in [0, 0.05) is 18.7 Å². The molecule has 1 saturated heterocycles. The molecule has 3 nitrogen and oxygen atoms in total. The van der Waals surface area contributed by atoms with Gasteiger partial charge in [0.2, 0.25) is 0 Å². The van der Waals surface area contributed by atoms with E-state index in [2.05, 4.69) is 4.90 Å². The predicted molar refractivity (Wildman–Crippen MR) is 88.5 cm³/mol. The molecule has 0 atom stereocenters. The van der Waals surface area contributed by atoms with Gasteiger partial charge in [-0.3, -0.25) is 4.90 Å². The molecule has 0 unspecified atom stereocenters. The molecule has 0 spiro atoms. The molecule has 0 saturated carbocycles. The van der Waals surface area contributed by atoms with Gasteiger partial charge >= 0.3 is 0 Å². The molecule has 0 amide bonds. The minimum absolute atomic E-state index is 0.194. The van der Waals surface area contributed by atoms with Crippen LogP contribution in [-0.2, 0) is 11.2 Å². The van der Waals surface area contributed by atoms with Crippen LogP contribution in [0.5, 0.6) is 11.5 Å². The molecule has 0 aliphatic carbocycles. The molecule has 0 radical (unpaired) electrons. The topological polar surface area (TPSA) is 21.7 Å². The second-order valence-corrected chi connectivity index (χ2v) is 5.69. The van der Waals surface area contributed by atoms with E-state index in [1.165, 1.54) is 6.07 Å². The molecule has 122 valence electrons. The fourth-order valence-electron chi connectivity index (χ4n) is 2.80. The zero-order chi connectivity index (χ0) is 15.9. The van der Waals surface area contributed by atoms with Crippen molar-refractivity contribution in [3.8, 4) is 11.5 Å². The number of rotatable bonds is 6. The van der Waals surface area contributed by atoms with E-state index in [9.17, 15) is 4.39 Å². The van der Waals surface area contributed by atoms with Gasteiger partial charge in [-0.05, 0) is 43.7 Å². The maximum absolute atomic E-state index is 14.2. The van der Waals surface area contributed by atoms with Crippen LogP contribution in [0.15, 0.2) is 48.5 Å². The smallest absolute Gasteiger partial charge is 0.133 e. The summed E-state index contributed by atoms with van der Waals surface area (Å²) in [4.78, 5) is 2.36. The Morgan fingerprint density at radius 2 is 1.78 bits per heavy atom. The number of benzene rings is 2. The molecular formula is C19H22FNO2. The lowest BCUT2D eigenvalue weighted by atomic mass is 10.1. The third-order valence-electron chi connectivity index (χ3n) is 4.05. The fourth-order valence-corrected chi connectivity index (χ4v) is 2.80. The van der Waals surface area contributed by atoms with Crippen LogP contribution >= 0.6 is 0 Å². The Kier molecular flexibility index (Phi) is 5.61. The highest BCUT2D eigenvalue weighted by Crippen LogP contribution is 2.28. The van der Waals surface area contributed by atoms with Crippen LogP contribution in [0.25, 0.3) is 0 Å². The third-order valence-corrected chi connectivity index (χ3v) is 4.05. The van der Waals surface area contributed by atoms with Gasteiger partial charge in [0.1, 0.15) is 17.3 Å². The van der Waals surface area contributed by atoms with Crippen molar-refractivity contribution in [1.29, 1.82) is 0 Å². The highest BCUT2D eigenvalue weighted by atomic mass is 19.1. The van der Waals surface area contributed by atoms with Gasteiger partial charge in [0.25, 0.3) is 0 Å². The molecule has 23 heavy (non-hydrogen) atoms. The number of nitrogens with zero attached hydrogens (tertiary/aromatic N) is 1. The molecule has 2 aromatic rings. The normalized spacial score (nSPS) is 15.5. The lowest BCUT2D eigenvalue weighted by Gasteiger charge is -2.26. The van der Waals surface area contributed by atoms with Crippen LogP contribution in [0.3, 0.4) is 0 Å². The Hall–Kier alpha value is -1.91. The minimum atomic E-state index is -0.194. The summed E-state index contributed by atoms with van der Waals surface area (Å²) in [6.45, 7) is 4.47. The standard InChI is InChI=1S/C19H22FNO2/c20-18-9-4-10-19(23-16-6-2-1-3-7-16)17(18)8-5-11-21-12-14-22-15-13-21/h1-4,6-7,9-10H,5,8,11-15H2.